The fraction of sp³-hybridized carbons (Fsp3) is 0.360. The summed E-state index contributed by atoms with van der Waals surface area (Å²) in [7, 11) is 0. The van der Waals surface area contributed by atoms with Crippen molar-refractivity contribution in [3.63, 3.8) is 0 Å². The molecule has 0 unspecified atom stereocenters. The monoisotopic (exact) mass is 564 g/mol. The van der Waals surface area contributed by atoms with Crippen LogP contribution in [0.3, 0.4) is 0 Å². The van der Waals surface area contributed by atoms with Crippen LogP contribution in [0.5, 0.6) is 5.88 Å². The minimum atomic E-state index is -4.54. The van der Waals surface area contributed by atoms with E-state index < -0.39 is 30.5 Å². The number of amides is 2. The van der Waals surface area contributed by atoms with Crippen LogP contribution < -0.4 is 19.9 Å². The number of aliphatic hydroxyl groups is 2. The fourth-order valence-corrected chi connectivity index (χ4v) is 4.86. The Morgan fingerprint density at radius 2 is 2.08 bits per heavy atom. The number of carbonyl (C=O) groups excluding carboxylic acids is 1. The second-order valence-corrected chi connectivity index (χ2v) is 9.58. The van der Waals surface area contributed by atoms with E-state index in [0.29, 0.717) is 18.7 Å². The maximum atomic E-state index is 13.5. The van der Waals surface area contributed by atoms with E-state index in [4.69, 9.17) is 21.4 Å². The molecule has 2 amide bonds. The summed E-state index contributed by atoms with van der Waals surface area (Å²) in [5.74, 6) is 0.502. The number of aliphatic hydroxyl groups excluding tert-OH is 2. The smallest absolute Gasteiger partial charge is 0.416 e. The lowest BCUT2D eigenvalue weighted by molar-refractivity contribution is -0.137. The van der Waals surface area contributed by atoms with E-state index >= 15 is 0 Å². The molecule has 39 heavy (non-hydrogen) atoms. The van der Waals surface area contributed by atoms with Gasteiger partial charge in [-0.25, -0.2) is 19.7 Å². The summed E-state index contributed by atoms with van der Waals surface area (Å²) in [6, 6.07) is 5.59. The van der Waals surface area contributed by atoms with Crippen molar-refractivity contribution in [3.8, 4) is 17.1 Å². The highest BCUT2D eigenvalue weighted by atomic mass is 35.5. The van der Waals surface area contributed by atoms with Gasteiger partial charge in [-0.05, 0) is 31.0 Å². The van der Waals surface area contributed by atoms with Gasteiger partial charge in [-0.1, -0.05) is 23.7 Å². The third-order valence-corrected chi connectivity index (χ3v) is 6.73. The molecule has 2 aromatic heterocycles. The molecule has 5 rings (SSSR count). The second kappa shape index (κ2) is 10.8. The van der Waals surface area contributed by atoms with Gasteiger partial charge in [-0.3, -0.25) is 10.2 Å². The molecular formula is C25H24ClF3N6O4. The Morgan fingerprint density at radius 3 is 2.79 bits per heavy atom. The van der Waals surface area contributed by atoms with Crippen LogP contribution in [0.25, 0.3) is 11.3 Å². The number of anilines is 3. The lowest BCUT2D eigenvalue weighted by atomic mass is 9.99. The number of rotatable bonds is 6. The number of nitrogens with one attached hydrogen (secondary N) is 1. The van der Waals surface area contributed by atoms with Gasteiger partial charge in [0.25, 0.3) is 0 Å². The van der Waals surface area contributed by atoms with Crippen molar-refractivity contribution in [3.05, 3.63) is 53.3 Å². The van der Waals surface area contributed by atoms with Crippen molar-refractivity contribution < 1.29 is 32.9 Å². The van der Waals surface area contributed by atoms with Crippen molar-refractivity contribution in [2.75, 3.05) is 41.4 Å². The summed E-state index contributed by atoms with van der Waals surface area (Å²) in [6.07, 6.45) is -1.53. The van der Waals surface area contributed by atoms with Crippen LogP contribution in [0.1, 0.15) is 18.4 Å². The van der Waals surface area contributed by atoms with E-state index in [9.17, 15) is 23.1 Å². The molecule has 0 aliphatic carbocycles. The van der Waals surface area contributed by atoms with E-state index in [1.54, 1.807) is 6.07 Å². The number of ether oxygens (including phenoxy) is 1. The summed E-state index contributed by atoms with van der Waals surface area (Å²) < 4.78 is 45.3. The number of benzene rings is 1. The van der Waals surface area contributed by atoms with E-state index in [-0.39, 0.29) is 46.4 Å². The molecule has 4 heterocycles. The quantitative estimate of drug-likeness (QED) is 0.411. The average molecular weight is 565 g/mol. The molecule has 0 spiro atoms. The van der Waals surface area contributed by atoms with Crippen LogP contribution in [0.15, 0.2) is 42.7 Å². The molecule has 2 aliphatic heterocycles. The molecule has 1 aromatic carbocycles. The minimum Gasteiger partial charge on any atom is -0.474 e. The Labute approximate surface area is 226 Å². The normalized spacial score (nSPS) is 17.4. The molecule has 2 aliphatic rings. The number of aromatic nitrogens is 3. The highest BCUT2D eigenvalue weighted by molar-refractivity contribution is 6.33. The number of fused-ring (bicyclic) bond motifs is 4. The zero-order chi connectivity index (χ0) is 27.7. The van der Waals surface area contributed by atoms with Crippen molar-refractivity contribution >= 4 is 35.0 Å². The van der Waals surface area contributed by atoms with Crippen LogP contribution in [0.4, 0.5) is 35.3 Å². The van der Waals surface area contributed by atoms with Crippen molar-refractivity contribution in [1.82, 2.24) is 15.0 Å². The number of halogens is 4. The number of nitrogens with zero attached hydrogens (tertiary/aromatic N) is 5. The number of piperidine rings is 1. The van der Waals surface area contributed by atoms with E-state index in [1.807, 2.05) is 0 Å². The molecule has 1 fully saturated rings. The van der Waals surface area contributed by atoms with E-state index in [0.717, 1.165) is 25.1 Å². The van der Waals surface area contributed by atoms with E-state index in [1.165, 1.54) is 29.4 Å². The molecule has 206 valence electrons. The summed E-state index contributed by atoms with van der Waals surface area (Å²) in [5, 5.41) is 21.1. The number of alkyl halides is 3. The number of carbonyl (C=O) groups is 1. The predicted molar refractivity (Wildman–Crippen MR) is 137 cm³/mol. The van der Waals surface area contributed by atoms with Gasteiger partial charge in [-0.2, -0.15) is 13.2 Å². The first-order valence-electron chi connectivity index (χ1n) is 12.1. The van der Waals surface area contributed by atoms with Crippen molar-refractivity contribution in [2.45, 2.75) is 31.2 Å². The van der Waals surface area contributed by atoms with Gasteiger partial charge in [-0.15, -0.1) is 0 Å². The van der Waals surface area contributed by atoms with Gasteiger partial charge < -0.3 is 19.8 Å². The summed E-state index contributed by atoms with van der Waals surface area (Å²) in [6.45, 7) is 0.638. The molecule has 10 nitrogen and oxygen atoms in total. The van der Waals surface area contributed by atoms with Crippen LogP contribution in [-0.4, -0.2) is 69.6 Å². The van der Waals surface area contributed by atoms with Gasteiger partial charge in [0.05, 0.1) is 47.0 Å². The molecule has 2 atom stereocenters. The topological polar surface area (TPSA) is 124 Å². The SMILES string of the molecule is O=C(Nc1cnc(OC[C@H](O)CO)cn1)N1c2nc(-c3cccc(C(F)(F)F)c3)c(Cl)cc2N2CCC[C@H]1C2. The Bertz CT molecular complexity index is 1360. The molecule has 0 saturated carbocycles. The molecule has 0 radical (unpaired) electrons. The van der Waals surface area contributed by atoms with Crippen LogP contribution in [0, 0.1) is 0 Å². The molecule has 1 saturated heterocycles. The first kappa shape index (κ1) is 26.9. The van der Waals surface area contributed by atoms with Crippen LogP contribution in [-0.2, 0) is 6.18 Å². The number of pyridine rings is 1. The molecule has 14 heteroatoms. The first-order chi connectivity index (χ1) is 18.6. The second-order valence-electron chi connectivity index (χ2n) is 9.17. The van der Waals surface area contributed by atoms with Gasteiger partial charge in [0.1, 0.15) is 12.7 Å². The highest BCUT2D eigenvalue weighted by Crippen LogP contribution is 2.43. The molecule has 3 N–H and O–H groups in total. The summed E-state index contributed by atoms with van der Waals surface area (Å²) in [5.41, 5.74) is 0.0881. The van der Waals surface area contributed by atoms with Gasteiger partial charge in [0.15, 0.2) is 11.6 Å². The van der Waals surface area contributed by atoms with Crippen molar-refractivity contribution in [2.24, 2.45) is 0 Å². The zero-order valence-corrected chi connectivity index (χ0v) is 21.2. The number of urea groups is 1. The van der Waals surface area contributed by atoms with Crippen LogP contribution >= 0.6 is 11.6 Å². The lowest BCUT2D eigenvalue weighted by Crippen LogP contribution is -2.56. The number of hydrogen-bond acceptors (Lipinski definition) is 8. The summed E-state index contributed by atoms with van der Waals surface area (Å²) >= 11 is 6.52. The third kappa shape index (κ3) is 5.70. The Morgan fingerprint density at radius 1 is 1.26 bits per heavy atom. The highest BCUT2D eigenvalue weighted by Gasteiger charge is 2.39. The third-order valence-electron chi connectivity index (χ3n) is 6.45. The van der Waals surface area contributed by atoms with E-state index in [2.05, 4.69) is 25.2 Å². The standard InChI is InChI=1S/C25H24ClF3N6O4/c26-18-8-19-23(33-22(18)14-3-1-4-15(7-14)25(27,28)29)35(16-5-2-6-34(19)11-16)24(38)32-20-9-31-21(10-30-20)39-13-17(37)12-36/h1,3-4,7-10,16-17,36-37H,2,5-6,11-13H2,(H,30,32,38)/t16-,17+/m0/s1. The van der Waals surface area contributed by atoms with Crippen LogP contribution in [0.2, 0.25) is 5.02 Å². The maximum Gasteiger partial charge on any atom is 0.416 e. The summed E-state index contributed by atoms with van der Waals surface area (Å²) in [4.78, 5) is 29.8. The minimum absolute atomic E-state index is 0.0915. The predicted octanol–water partition coefficient (Wildman–Crippen LogP) is 3.96. The average Bonchev–Trinajstić information content (AvgIpc) is 2.92. The maximum absolute atomic E-state index is 13.5. The van der Waals surface area contributed by atoms with Gasteiger partial charge in [0.2, 0.25) is 5.88 Å². The van der Waals surface area contributed by atoms with Gasteiger partial charge in [0, 0.05) is 18.7 Å². The first-order valence-corrected chi connectivity index (χ1v) is 12.5. The Hall–Kier alpha value is -3.68. The lowest BCUT2D eigenvalue weighted by Gasteiger charge is -2.46. The molecule has 3 aromatic rings. The van der Waals surface area contributed by atoms with Gasteiger partial charge >= 0.3 is 12.2 Å². The zero-order valence-electron chi connectivity index (χ0n) is 20.4. The Balaban J connectivity index is 1.45. The van der Waals surface area contributed by atoms with Crippen molar-refractivity contribution in [1.29, 1.82) is 0 Å². The molecule has 2 bridgehead atoms. The largest absolute Gasteiger partial charge is 0.474 e. The Kier molecular flexibility index (Phi) is 7.47. The fourth-order valence-electron chi connectivity index (χ4n) is 4.60. The molecular weight excluding hydrogens is 541 g/mol. The number of hydrogen-bond donors (Lipinski definition) is 3.